The molecule has 0 aliphatic carbocycles. The molecule has 0 spiro atoms. The number of aromatic nitrogens is 1. The largest absolute Gasteiger partial charge is 0.333 e. The smallest absolute Gasteiger partial charge is 0.317 e. The minimum Gasteiger partial charge on any atom is -0.317 e. The minimum atomic E-state index is -0.485. The maximum absolute atomic E-state index is 12.8. The number of halogens is 2. The molecule has 2 aromatic carbocycles. The first-order valence-electron chi connectivity index (χ1n) is 8.09. The van der Waals surface area contributed by atoms with Crippen molar-refractivity contribution in [1.29, 1.82) is 0 Å². The Hall–Kier alpha value is -2.58. The highest BCUT2D eigenvalue weighted by Gasteiger charge is 2.35. The van der Waals surface area contributed by atoms with E-state index in [4.69, 9.17) is 11.6 Å². The summed E-state index contributed by atoms with van der Waals surface area (Å²) in [5.41, 5.74) is 2.45. The summed E-state index contributed by atoms with van der Waals surface area (Å²) in [5.74, 6) is -0.405. The van der Waals surface area contributed by atoms with Gasteiger partial charge in [0.05, 0.1) is 5.69 Å². The van der Waals surface area contributed by atoms with Crippen molar-refractivity contribution in [2.24, 2.45) is 0 Å². The van der Waals surface area contributed by atoms with Crippen molar-refractivity contribution in [3.05, 3.63) is 86.8 Å². The standard InChI is InChI=1S/C20H13ClIN3O2/c21-13-3-7-16(8-4-13)25-19(26)18(23-20(25)27)12-17-2-1-11-24(17)15-9-5-14(22)6-10-15/h1-12H,(H,23,27)/b18-12-. The van der Waals surface area contributed by atoms with Crippen LogP contribution in [0.25, 0.3) is 11.8 Å². The number of carbonyl (C=O) groups excluding carboxylic acids is 2. The number of carbonyl (C=O) groups is 2. The summed E-state index contributed by atoms with van der Waals surface area (Å²) in [6, 6.07) is 17.9. The van der Waals surface area contributed by atoms with E-state index in [0.717, 1.165) is 19.9 Å². The number of nitrogens with one attached hydrogen (secondary N) is 1. The second-order valence-corrected chi connectivity index (χ2v) is 7.57. The topological polar surface area (TPSA) is 54.3 Å². The van der Waals surface area contributed by atoms with E-state index in [-0.39, 0.29) is 5.70 Å². The Morgan fingerprint density at radius 1 is 0.926 bits per heavy atom. The molecule has 3 aromatic rings. The van der Waals surface area contributed by atoms with Crippen molar-refractivity contribution < 1.29 is 9.59 Å². The first kappa shape index (κ1) is 17.8. The molecule has 0 saturated carbocycles. The predicted molar refractivity (Wildman–Crippen MR) is 114 cm³/mol. The van der Waals surface area contributed by atoms with Gasteiger partial charge in [-0.3, -0.25) is 4.79 Å². The van der Waals surface area contributed by atoms with Crippen LogP contribution in [0, 0.1) is 3.57 Å². The van der Waals surface area contributed by atoms with Gasteiger partial charge in [-0.25, -0.2) is 9.69 Å². The maximum Gasteiger partial charge on any atom is 0.333 e. The van der Waals surface area contributed by atoms with E-state index < -0.39 is 11.9 Å². The summed E-state index contributed by atoms with van der Waals surface area (Å²) in [5, 5.41) is 3.18. The van der Waals surface area contributed by atoms with Crippen LogP contribution in [0.4, 0.5) is 10.5 Å². The van der Waals surface area contributed by atoms with Crippen LogP contribution < -0.4 is 10.2 Å². The molecule has 0 atom stereocenters. The molecule has 1 saturated heterocycles. The van der Waals surface area contributed by atoms with Gasteiger partial charge in [-0.15, -0.1) is 0 Å². The summed E-state index contributed by atoms with van der Waals surface area (Å²) in [6.45, 7) is 0. The number of anilines is 1. The normalized spacial score (nSPS) is 15.5. The van der Waals surface area contributed by atoms with Crippen molar-refractivity contribution in [3.8, 4) is 5.69 Å². The summed E-state index contributed by atoms with van der Waals surface area (Å²) < 4.78 is 3.09. The van der Waals surface area contributed by atoms with Crippen molar-refractivity contribution in [2.45, 2.75) is 0 Å². The average Bonchev–Trinajstić information content (AvgIpc) is 3.22. The van der Waals surface area contributed by atoms with Gasteiger partial charge in [0, 0.05) is 26.2 Å². The van der Waals surface area contributed by atoms with Gasteiger partial charge in [-0.2, -0.15) is 0 Å². The summed E-state index contributed by atoms with van der Waals surface area (Å²) in [6.07, 6.45) is 3.58. The third-order valence-corrected chi connectivity index (χ3v) is 5.11. The number of benzene rings is 2. The quantitative estimate of drug-likeness (QED) is 0.325. The van der Waals surface area contributed by atoms with Crippen LogP contribution in [0.2, 0.25) is 5.02 Å². The fraction of sp³-hybridized carbons (Fsp3) is 0. The van der Waals surface area contributed by atoms with Gasteiger partial charge in [-0.1, -0.05) is 11.6 Å². The number of hydrogen-bond acceptors (Lipinski definition) is 2. The van der Waals surface area contributed by atoms with Gasteiger partial charge >= 0.3 is 6.03 Å². The van der Waals surface area contributed by atoms with Gasteiger partial charge < -0.3 is 9.88 Å². The molecular formula is C20H13ClIN3O2. The molecule has 0 bridgehead atoms. The van der Waals surface area contributed by atoms with E-state index >= 15 is 0 Å². The molecule has 27 heavy (non-hydrogen) atoms. The van der Waals surface area contributed by atoms with Crippen molar-refractivity contribution >= 4 is 57.9 Å². The van der Waals surface area contributed by atoms with Gasteiger partial charge in [0.25, 0.3) is 5.91 Å². The van der Waals surface area contributed by atoms with Crippen LogP contribution in [0.15, 0.2) is 72.6 Å². The fourth-order valence-corrected chi connectivity index (χ4v) is 3.34. The van der Waals surface area contributed by atoms with E-state index in [0.29, 0.717) is 10.7 Å². The lowest BCUT2D eigenvalue weighted by molar-refractivity contribution is -0.113. The lowest BCUT2D eigenvalue weighted by Gasteiger charge is -2.11. The van der Waals surface area contributed by atoms with Crippen LogP contribution in [-0.4, -0.2) is 16.5 Å². The molecule has 5 nitrogen and oxygen atoms in total. The fourth-order valence-electron chi connectivity index (χ4n) is 2.86. The molecule has 134 valence electrons. The Balaban J connectivity index is 1.67. The maximum atomic E-state index is 12.8. The second kappa shape index (κ2) is 7.21. The third kappa shape index (κ3) is 3.50. The van der Waals surface area contributed by atoms with E-state index in [1.807, 2.05) is 47.2 Å². The van der Waals surface area contributed by atoms with E-state index in [1.165, 1.54) is 0 Å². The molecule has 1 fully saturated rings. The molecule has 1 N–H and O–H groups in total. The molecule has 1 aliphatic heterocycles. The SMILES string of the molecule is O=C1N/C(=C\c2cccn2-c2ccc(I)cc2)C(=O)N1c1ccc(Cl)cc1. The molecule has 0 unspecified atom stereocenters. The van der Waals surface area contributed by atoms with Gasteiger partial charge in [0.2, 0.25) is 0 Å². The van der Waals surface area contributed by atoms with Gasteiger partial charge in [0.1, 0.15) is 5.70 Å². The molecule has 1 aromatic heterocycles. The zero-order chi connectivity index (χ0) is 19.0. The molecule has 7 heteroatoms. The summed E-state index contributed by atoms with van der Waals surface area (Å²) in [7, 11) is 0. The van der Waals surface area contributed by atoms with E-state index in [9.17, 15) is 9.59 Å². The van der Waals surface area contributed by atoms with E-state index in [1.54, 1.807) is 30.3 Å². The number of imide groups is 1. The van der Waals surface area contributed by atoms with Crippen molar-refractivity contribution in [1.82, 2.24) is 9.88 Å². The Labute approximate surface area is 174 Å². The third-order valence-electron chi connectivity index (χ3n) is 4.14. The molecular weight excluding hydrogens is 477 g/mol. The highest BCUT2D eigenvalue weighted by atomic mass is 127. The Bertz CT molecular complexity index is 1060. The average molecular weight is 490 g/mol. The van der Waals surface area contributed by atoms with Crippen molar-refractivity contribution in [2.75, 3.05) is 4.90 Å². The monoisotopic (exact) mass is 489 g/mol. The highest BCUT2D eigenvalue weighted by molar-refractivity contribution is 14.1. The van der Waals surface area contributed by atoms with Crippen LogP contribution in [0.3, 0.4) is 0 Å². The van der Waals surface area contributed by atoms with Crippen LogP contribution in [0.1, 0.15) is 5.69 Å². The molecule has 2 heterocycles. The van der Waals surface area contributed by atoms with Crippen molar-refractivity contribution in [3.63, 3.8) is 0 Å². The Morgan fingerprint density at radius 2 is 1.59 bits per heavy atom. The zero-order valence-corrected chi connectivity index (χ0v) is 16.8. The molecule has 0 radical (unpaired) electrons. The summed E-state index contributed by atoms with van der Waals surface area (Å²) >= 11 is 8.13. The first-order valence-corrected chi connectivity index (χ1v) is 9.54. The lowest BCUT2D eigenvalue weighted by atomic mass is 10.2. The lowest BCUT2D eigenvalue weighted by Crippen LogP contribution is -2.30. The van der Waals surface area contributed by atoms with E-state index in [2.05, 4.69) is 27.9 Å². The molecule has 4 rings (SSSR count). The minimum absolute atomic E-state index is 0.223. The number of rotatable bonds is 3. The number of amides is 3. The predicted octanol–water partition coefficient (Wildman–Crippen LogP) is 4.83. The highest BCUT2D eigenvalue weighted by Crippen LogP contribution is 2.24. The molecule has 1 aliphatic rings. The number of hydrogen-bond donors (Lipinski definition) is 1. The Kier molecular flexibility index (Phi) is 4.75. The van der Waals surface area contributed by atoms with Gasteiger partial charge in [0.15, 0.2) is 0 Å². The van der Waals surface area contributed by atoms with Crippen LogP contribution in [-0.2, 0) is 4.79 Å². The molecule has 3 amide bonds. The van der Waals surface area contributed by atoms with Crippen LogP contribution in [0.5, 0.6) is 0 Å². The summed E-state index contributed by atoms with van der Waals surface area (Å²) in [4.78, 5) is 26.2. The Morgan fingerprint density at radius 3 is 2.30 bits per heavy atom. The second-order valence-electron chi connectivity index (χ2n) is 5.88. The van der Waals surface area contributed by atoms with Gasteiger partial charge in [-0.05, 0) is 89.3 Å². The zero-order valence-electron chi connectivity index (χ0n) is 13.9. The van der Waals surface area contributed by atoms with Crippen LogP contribution >= 0.6 is 34.2 Å². The first-order chi connectivity index (χ1) is 13.0. The number of urea groups is 1. The number of nitrogens with zero attached hydrogens (tertiary/aromatic N) is 2.